The molecule has 0 radical (unpaired) electrons. The van der Waals surface area contributed by atoms with Crippen molar-refractivity contribution in [3.05, 3.63) is 23.8 Å². The van der Waals surface area contributed by atoms with Gasteiger partial charge in [-0.15, -0.1) is 0 Å². The Morgan fingerprint density at radius 3 is 2.85 bits per heavy atom. The molecule has 0 bridgehead atoms. The number of benzene rings is 1. The average Bonchev–Trinajstić information content (AvgIpc) is 2.42. The lowest BCUT2D eigenvalue weighted by molar-refractivity contribution is -0.137. The molecule has 6 heteroatoms. The lowest BCUT2D eigenvalue weighted by atomic mass is 10.1. The number of amides is 1. The number of nitrogens with zero attached hydrogens (tertiary/aromatic N) is 1. The Balaban J connectivity index is 2.25. The zero-order chi connectivity index (χ0) is 14.7. The van der Waals surface area contributed by atoms with Gasteiger partial charge in [-0.05, 0) is 31.0 Å². The molecule has 0 aromatic heterocycles. The van der Waals surface area contributed by atoms with Crippen molar-refractivity contribution in [2.45, 2.75) is 32.5 Å². The molecule has 6 nitrogen and oxygen atoms in total. The van der Waals surface area contributed by atoms with Crippen LogP contribution in [0.4, 0.5) is 5.69 Å². The van der Waals surface area contributed by atoms with Crippen LogP contribution in [0.2, 0.25) is 0 Å². The van der Waals surface area contributed by atoms with Crippen molar-refractivity contribution < 1.29 is 24.5 Å². The predicted molar refractivity (Wildman–Crippen MR) is 71.7 cm³/mol. The third-order valence-electron chi connectivity index (χ3n) is 3.19. The molecule has 1 amide bonds. The van der Waals surface area contributed by atoms with Crippen LogP contribution in [0.25, 0.3) is 0 Å². The van der Waals surface area contributed by atoms with Gasteiger partial charge in [-0.25, -0.2) is 0 Å². The SMILES string of the molecule is CC1Oc2ccc(CO)cc2N(CCCC(=O)O)C1=O. The zero-order valence-electron chi connectivity index (χ0n) is 11.2. The normalized spacial score (nSPS) is 17.6. The van der Waals surface area contributed by atoms with Gasteiger partial charge in [-0.1, -0.05) is 6.07 Å². The summed E-state index contributed by atoms with van der Waals surface area (Å²) >= 11 is 0. The van der Waals surface area contributed by atoms with Crippen LogP contribution < -0.4 is 9.64 Å². The van der Waals surface area contributed by atoms with Crippen LogP contribution in [-0.2, 0) is 16.2 Å². The minimum Gasteiger partial charge on any atom is -0.481 e. The van der Waals surface area contributed by atoms with Gasteiger partial charge in [-0.3, -0.25) is 9.59 Å². The summed E-state index contributed by atoms with van der Waals surface area (Å²) in [6, 6.07) is 5.14. The molecule has 1 unspecified atom stereocenters. The van der Waals surface area contributed by atoms with Gasteiger partial charge in [0.2, 0.25) is 0 Å². The lowest BCUT2D eigenvalue weighted by Gasteiger charge is -2.33. The van der Waals surface area contributed by atoms with Crippen LogP contribution in [0, 0.1) is 0 Å². The van der Waals surface area contributed by atoms with Crippen LogP contribution >= 0.6 is 0 Å². The fraction of sp³-hybridized carbons (Fsp3) is 0.429. The van der Waals surface area contributed by atoms with Crippen molar-refractivity contribution in [2.24, 2.45) is 0 Å². The van der Waals surface area contributed by atoms with E-state index in [1.54, 1.807) is 25.1 Å². The highest BCUT2D eigenvalue weighted by Crippen LogP contribution is 2.35. The van der Waals surface area contributed by atoms with E-state index in [0.29, 0.717) is 30.0 Å². The summed E-state index contributed by atoms with van der Waals surface area (Å²) in [5, 5.41) is 17.8. The first-order valence-corrected chi connectivity index (χ1v) is 6.46. The number of carbonyl (C=O) groups excluding carboxylic acids is 1. The Hall–Kier alpha value is -2.08. The van der Waals surface area contributed by atoms with Gasteiger partial charge >= 0.3 is 5.97 Å². The third kappa shape index (κ3) is 2.91. The standard InChI is InChI=1S/C14H17NO5/c1-9-14(19)15(6-2-3-13(17)18)11-7-10(8-16)4-5-12(11)20-9/h4-5,7,9,16H,2-3,6,8H2,1H3,(H,17,18). The first-order valence-electron chi connectivity index (χ1n) is 6.46. The molecular weight excluding hydrogens is 262 g/mol. The largest absolute Gasteiger partial charge is 0.481 e. The second-order valence-corrected chi connectivity index (χ2v) is 4.71. The number of carboxylic acids is 1. The quantitative estimate of drug-likeness (QED) is 0.844. The summed E-state index contributed by atoms with van der Waals surface area (Å²) in [4.78, 5) is 24.3. The van der Waals surface area contributed by atoms with Gasteiger partial charge in [0.15, 0.2) is 6.10 Å². The van der Waals surface area contributed by atoms with Crippen molar-refractivity contribution in [3.8, 4) is 5.75 Å². The number of aliphatic carboxylic acids is 1. The Labute approximate surface area is 116 Å². The molecule has 1 aromatic carbocycles. The maximum atomic E-state index is 12.2. The number of aliphatic hydroxyl groups is 1. The van der Waals surface area contributed by atoms with Gasteiger partial charge in [0.25, 0.3) is 5.91 Å². The van der Waals surface area contributed by atoms with E-state index in [-0.39, 0.29) is 18.9 Å². The smallest absolute Gasteiger partial charge is 0.303 e. The number of carbonyl (C=O) groups is 2. The van der Waals surface area contributed by atoms with E-state index in [9.17, 15) is 14.7 Å². The fourth-order valence-corrected chi connectivity index (χ4v) is 2.17. The van der Waals surface area contributed by atoms with Crippen LogP contribution in [-0.4, -0.2) is 34.7 Å². The van der Waals surface area contributed by atoms with E-state index in [1.807, 2.05) is 0 Å². The Morgan fingerprint density at radius 1 is 1.45 bits per heavy atom. The summed E-state index contributed by atoms with van der Waals surface area (Å²) in [6.45, 7) is 1.86. The molecule has 0 saturated carbocycles. The van der Waals surface area contributed by atoms with Crippen molar-refractivity contribution in [1.82, 2.24) is 0 Å². The van der Waals surface area contributed by atoms with E-state index >= 15 is 0 Å². The molecule has 0 fully saturated rings. The molecule has 1 atom stereocenters. The molecule has 2 N–H and O–H groups in total. The van der Waals surface area contributed by atoms with E-state index in [4.69, 9.17) is 9.84 Å². The van der Waals surface area contributed by atoms with Crippen molar-refractivity contribution >= 4 is 17.6 Å². The van der Waals surface area contributed by atoms with E-state index in [0.717, 1.165) is 0 Å². The molecule has 0 saturated heterocycles. The van der Waals surface area contributed by atoms with Gasteiger partial charge in [0.05, 0.1) is 12.3 Å². The maximum Gasteiger partial charge on any atom is 0.303 e. The first kappa shape index (κ1) is 14.3. The van der Waals surface area contributed by atoms with Gasteiger partial charge in [-0.2, -0.15) is 0 Å². The molecule has 1 heterocycles. The zero-order valence-corrected chi connectivity index (χ0v) is 11.2. The molecule has 20 heavy (non-hydrogen) atoms. The van der Waals surface area contributed by atoms with Crippen LogP contribution in [0.5, 0.6) is 5.75 Å². The number of carboxylic acid groups (broad SMARTS) is 1. The highest BCUT2D eigenvalue weighted by atomic mass is 16.5. The van der Waals surface area contributed by atoms with Crippen molar-refractivity contribution in [3.63, 3.8) is 0 Å². The maximum absolute atomic E-state index is 12.2. The molecular formula is C14H17NO5. The van der Waals surface area contributed by atoms with E-state index < -0.39 is 12.1 Å². The predicted octanol–water partition coefficient (Wildman–Crippen LogP) is 1.16. The Morgan fingerprint density at radius 2 is 2.20 bits per heavy atom. The number of hydrogen-bond donors (Lipinski definition) is 2. The molecule has 0 aliphatic carbocycles. The van der Waals surface area contributed by atoms with Gasteiger partial charge in [0, 0.05) is 13.0 Å². The summed E-state index contributed by atoms with van der Waals surface area (Å²) in [5.74, 6) is -0.509. The highest BCUT2D eigenvalue weighted by Gasteiger charge is 2.31. The minimum atomic E-state index is -0.886. The summed E-state index contributed by atoms with van der Waals surface area (Å²) in [5.41, 5.74) is 1.27. The Bertz CT molecular complexity index is 528. The van der Waals surface area contributed by atoms with Crippen LogP contribution in [0.3, 0.4) is 0 Å². The van der Waals surface area contributed by atoms with E-state index in [2.05, 4.69) is 0 Å². The number of hydrogen-bond acceptors (Lipinski definition) is 4. The third-order valence-corrected chi connectivity index (χ3v) is 3.19. The van der Waals surface area contributed by atoms with E-state index in [1.165, 1.54) is 4.90 Å². The number of rotatable bonds is 5. The number of anilines is 1. The second-order valence-electron chi connectivity index (χ2n) is 4.71. The number of fused-ring (bicyclic) bond motifs is 1. The molecule has 1 aliphatic rings. The second kappa shape index (κ2) is 5.92. The monoisotopic (exact) mass is 279 g/mol. The molecule has 1 aliphatic heterocycles. The van der Waals surface area contributed by atoms with Gasteiger partial charge in [0.1, 0.15) is 5.75 Å². The van der Waals surface area contributed by atoms with Gasteiger partial charge < -0.3 is 19.8 Å². The lowest BCUT2D eigenvalue weighted by Crippen LogP contribution is -2.45. The van der Waals surface area contributed by atoms with Crippen LogP contribution in [0.15, 0.2) is 18.2 Å². The highest BCUT2D eigenvalue weighted by molar-refractivity contribution is 5.99. The Kier molecular flexibility index (Phi) is 4.24. The number of ether oxygens (including phenoxy) is 1. The summed E-state index contributed by atoms with van der Waals surface area (Å²) in [6.07, 6.45) is -0.211. The topological polar surface area (TPSA) is 87.1 Å². The van der Waals surface area contributed by atoms with Crippen molar-refractivity contribution in [1.29, 1.82) is 0 Å². The molecule has 1 aromatic rings. The average molecular weight is 279 g/mol. The molecule has 0 spiro atoms. The molecule has 108 valence electrons. The fourth-order valence-electron chi connectivity index (χ4n) is 2.17. The summed E-state index contributed by atoms with van der Waals surface area (Å²) in [7, 11) is 0. The summed E-state index contributed by atoms with van der Waals surface area (Å²) < 4.78 is 5.51. The van der Waals surface area contributed by atoms with Crippen molar-refractivity contribution in [2.75, 3.05) is 11.4 Å². The first-order chi connectivity index (χ1) is 9.52. The van der Waals surface area contributed by atoms with Crippen LogP contribution in [0.1, 0.15) is 25.3 Å². The minimum absolute atomic E-state index is 0.00798. The number of aliphatic hydroxyl groups excluding tert-OH is 1. The molecule has 2 rings (SSSR count).